The Balaban J connectivity index is 2.94. The zero-order valence-electron chi connectivity index (χ0n) is 8.13. The first-order chi connectivity index (χ1) is 6.13. The number of anilines is 1. The van der Waals surface area contributed by atoms with Crippen molar-refractivity contribution >= 4 is 11.6 Å². The van der Waals surface area contributed by atoms with Gasteiger partial charge in [-0.05, 0) is 25.5 Å². The molecule has 0 aliphatic heterocycles. The average Bonchev–Trinajstić information content (AvgIpc) is 2.11. The summed E-state index contributed by atoms with van der Waals surface area (Å²) in [7, 11) is 1.64. The summed E-state index contributed by atoms with van der Waals surface area (Å²) in [5, 5.41) is 2.97. The maximum Gasteiger partial charge on any atom is 0.192 e. The molecule has 0 amide bonds. The van der Waals surface area contributed by atoms with Gasteiger partial charge in [-0.25, -0.2) is 0 Å². The fourth-order valence-electron chi connectivity index (χ4n) is 0.958. The van der Waals surface area contributed by atoms with Gasteiger partial charge in [0.15, 0.2) is 5.96 Å². The summed E-state index contributed by atoms with van der Waals surface area (Å²) in [6.45, 7) is 3.90. The van der Waals surface area contributed by atoms with Gasteiger partial charge in [0.05, 0.1) is 11.4 Å². The monoisotopic (exact) mass is 178 g/mol. The fourth-order valence-corrected chi connectivity index (χ4v) is 0.958. The topological polar surface area (TPSA) is 63.3 Å². The minimum Gasteiger partial charge on any atom is -0.370 e. The number of nitrogens with two attached hydrogens (primary N) is 1. The van der Waals surface area contributed by atoms with Crippen molar-refractivity contribution in [3.8, 4) is 0 Å². The Morgan fingerprint density at radius 1 is 1.54 bits per heavy atom. The molecule has 0 aliphatic carbocycles. The Morgan fingerprint density at radius 3 is 2.85 bits per heavy atom. The largest absolute Gasteiger partial charge is 0.370 e. The third-order valence-electron chi connectivity index (χ3n) is 1.73. The minimum absolute atomic E-state index is 0.399. The second-order valence-corrected chi connectivity index (χ2v) is 2.88. The molecular formula is C9H14N4. The van der Waals surface area contributed by atoms with E-state index in [2.05, 4.69) is 15.3 Å². The molecule has 0 spiro atoms. The molecule has 0 saturated heterocycles. The zero-order chi connectivity index (χ0) is 9.84. The molecule has 1 rings (SSSR count). The van der Waals surface area contributed by atoms with Gasteiger partial charge >= 0.3 is 0 Å². The summed E-state index contributed by atoms with van der Waals surface area (Å²) in [5.41, 5.74) is 8.45. The molecule has 70 valence electrons. The smallest absolute Gasteiger partial charge is 0.192 e. The normalized spacial score (nSPS) is 11.5. The Labute approximate surface area is 77.9 Å². The van der Waals surface area contributed by atoms with E-state index in [1.807, 2.05) is 26.1 Å². The molecule has 1 aromatic heterocycles. The van der Waals surface area contributed by atoms with Crippen molar-refractivity contribution in [2.45, 2.75) is 13.8 Å². The lowest BCUT2D eigenvalue weighted by Gasteiger charge is -2.07. The number of aliphatic imine (C=N–C) groups is 1. The lowest BCUT2D eigenvalue weighted by molar-refractivity contribution is 1.17. The van der Waals surface area contributed by atoms with Gasteiger partial charge in [0.1, 0.15) is 0 Å². The molecule has 0 aromatic carbocycles. The number of hydrogen-bond acceptors (Lipinski definition) is 2. The van der Waals surface area contributed by atoms with Crippen molar-refractivity contribution < 1.29 is 0 Å². The molecule has 1 aromatic rings. The SMILES string of the molecule is CN=C(N)Nc1cc(C)cnc1C. The maximum absolute atomic E-state index is 5.54. The van der Waals surface area contributed by atoms with Crippen LogP contribution in [0, 0.1) is 13.8 Å². The van der Waals surface area contributed by atoms with Crippen LogP contribution in [0.4, 0.5) is 5.69 Å². The fraction of sp³-hybridized carbons (Fsp3) is 0.333. The number of aromatic nitrogens is 1. The average molecular weight is 178 g/mol. The summed E-state index contributed by atoms with van der Waals surface area (Å²) in [6.07, 6.45) is 1.82. The van der Waals surface area contributed by atoms with Crippen molar-refractivity contribution in [3.05, 3.63) is 23.5 Å². The number of guanidine groups is 1. The summed E-state index contributed by atoms with van der Waals surface area (Å²) in [4.78, 5) is 8.00. The second-order valence-electron chi connectivity index (χ2n) is 2.88. The predicted molar refractivity (Wildman–Crippen MR) is 54.9 cm³/mol. The quantitative estimate of drug-likeness (QED) is 0.499. The van der Waals surface area contributed by atoms with E-state index in [1.165, 1.54) is 0 Å². The zero-order valence-corrected chi connectivity index (χ0v) is 8.13. The molecule has 0 fully saturated rings. The van der Waals surface area contributed by atoms with Crippen LogP contribution in [0.3, 0.4) is 0 Å². The molecule has 1 heterocycles. The van der Waals surface area contributed by atoms with E-state index in [0.717, 1.165) is 16.9 Å². The van der Waals surface area contributed by atoms with Crippen molar-refractivity contribution in [3.63, 3.8) is 0 Å². The van der Waals surface area contributed by atoms with Crippen LogP contribution >= 0.6 is 0 Å². The first-order valence-corrected chi connectivity index (χ1v) is 4.06. The molecule has 3 N–H and O–H groups in total. The van der Waals surface area contributed by atoms with Gasteiger partial charge in [0.25, 0.3) is 0 Å². The first-order valence-electron chi connectivity index (χ1n) is 4.06. The molecule has 0 atom stereocenters. The van der Waals surface area contributed by atoms with Gasteiger partial charge in [-0.15, -0.1) is 0 Å². The minimum atomic E-state index is 0.399. The molecule has 4 nitrogen and oxygen atoms in total. The third-order valence-corrected chi connectivity index (χ3v) is 1.73. The Bertz CT molecular complexity index is 330. The Morgan fingerprint density at radius 2 is 2.23 bits per heavy atom. The van der Waals surface area contributed by atoms with Crippen LogP contribution in [0.2, 0.25) is 0 Å². The highest BCUT2D eigenvalue weighted by Crippen LogP contribution is 2.12. The lowest BCUT2D eigenvalue weighted by Crippen LogP contribution is -2.22. The number of aryl methyl sites for hydroxylation is 2. The van der Waals surface area contributed by atoms with E-state index >= 15 is 0 Å². The van der Waals surface area contributed by atoms with Gasteiger partial charge in [-0.3, -0.25) is 9.98 Å². The van der Waals surface area contributed by atoms with Crippen LogP contribution in [0.15, 0.2) is 17.3 Å². The third kappa shape index (κ3) is 2.43. The van der Waals surface area contributed by atoms with E-state index in [1.54, 1.807) is 7.05 Å². The molecule has 0 saturated carbocycles. The van der Waals surface area contributed by atoms with Crippen molar-refractivity contribution in [1.82, 2.24) is 4.98 Å². The summed E-state index contributed by atoms with van der Waals surface area (Å²) < 4.78 is 0. The van der Waals surface area contributed by atoms with Crippen LogP contribution in [0.5, 0.6) is 0 Å². The Hall–Kier alpha value is -1.58. The molecule has 0 bridgehead atoms. The van der Waals surface area contributed by atoms with Crippen LogP contribution < -0.4 is 11.1 Å². The van der Waals surface area contributed by atoms with Gasteiger partial charge in [-0.1, -0.05) is 0 Å². The number of pyridine rings is 1. The van der Waals surface area contributed by atoms with Crippen LogP contribution in [-0.4, -0.2) is 18.0 Å². The summed E-state index contributed by atoms with van der Waals surface area (Å²) in [5.74, 6) is 0.399. The number of nitrogens with zero attached hydrogens (tertiary/aromatic N) is 2. The van der Waals surface area contributed by atoms with E-state index < -0.39 is 0 Å². The van der Waals surface area contributed by atoms with Gasteiger partial charge in [0.2, 0.25) is 0 Å². The van der Waals surface area contributed by atoms with E-state index in [-0.39, 0.29) is 0 Å². The number of nitrogens with one attached hydrogen (secondary N) is 1. The van der Waals surface area contributed by atoms with Crippen LogP contribution in [0.25, 0.3) is 0 Å². The first kappa shape index (κ1) is 9.51. The van der Waals surface area contributed by atoms with Crippen molar-refractivity contribution in [2.24, 2.45) is 10.7 Å². The maximum atomic E-state index is 5.54. The molecule has 13 heavy (non-hydrogen) atoms. The van der Waals surface area contributed by atoms with E-state index in [4.69, 9.17) is 5.73 Å². The summed E-state index contributed by atoms with van der Waals surface area (Å²) in [6, 6.07) is 1.99. The number of hydrogen-bond donors (Lipinski definition) is 2. The highest BCUT2D eigenvalue weighted by Gasteiger charge is 1.99. The standard InChI is InChI=1S/C9H14N4/c1-6-4-8(7(2)12-5-6)13-9(10)11-3/h4-5H,1-3H3,(H3,10,11,13). The molecule has 0 unspecified atom stereocenters. The van der Waals surface area contributed by atoms with Crippen molar-refractivity contribution in [1.29, 1.82) is 0 Å². The Kier molecular flexibility index (Phi) is 2.84. The van der Waals surface area contributed by atoms with E-state index in [9.17, 15) is 0 Å². The summed E-state index contributed by atoms with van der Waals surface area (Å²) >= 11 is 0. The van der Waals surface area contributed by atoms with E-state index in [0.29, 0.717) is 5.96 Å². The second kappa shape index (κ2) is 3.89. The number of rotatable bonds is 1. The van der Waals surface area contributed by atoms with Gasteiger partial charge in [-0.2, -0.15) is 0 Å². The molecular weight excluding hydrogens is 164 g/mol. The highest BCUT2D eigenvalue weighted by atomic mass is 15.1. The lowest BCUT2D eigenvalue weighted by atomic mass is 10.2. The molecule has 0 radical (unpaired) electrons. The van der Waals surface area contributed by atoms with Gasteiger partial charge in [0, 0.05) is 13.2 Å². The highest BCUT2D eigenvalue weighted by molar-refractivity contribution is 5.92. The van der Waals surface area contributed by atoms with Crippen LogP contribution in [-0.2, 0) is 0 Å². The predicted octanol–water partition coefficient (Wildman–Crippen LogP) is 1.05. The molecule has 4 heteroatoms. The van der Waals surface area contributed by atoms with Crippen LogP contribution in [0.1, 0.15) is 11.3 Å². The van der Waals surface area contributed by atoms with Crippen molar-refractivity contribution in [2.75, 3.05) is 12.4 Å². The van der Waals surface area contributed by atoms with Gasteiger partial charge < -0.3 is 11.1 Å². The molecule has 0 aliphatic rings.